The second-order valence-corrected chi connectivity index (χ2v) is 14.4. The molecular weight excluding hydrogens is 710 g/mol. The molecule has 0 aliphatic carbocycles. The summed E-state index contributed by atoms with van der Waals surface area (Å²) in [6.45, 7) is 5.06. The first kappa shape index (κ1) is 34.7. The van der Waals surface area contributed by atoms with Crippen molar-refractivity contribution in [3.05, 3.63) is 92.4 Å². The molecule has 1 aliphatic rings. The molecular formula is C30H38Br2ClN3O5S. The molecule has 5 N–H and O–H groups in total. The van der Waals surface area contributed by atoms with Gasteiger partial charge in [0.05, 0.1) is 29.7 Å². The van der Waals surface area contributed by atoms with Crippen LogP contribution in [0.4, 0.5) is 5.69 Å². The Hall–Kier alpha value is -1.83. The van der Waals surface area contributed by atoms with Gasteiger partial charge in [-0.1, -0.05) is 62.2 Å². The summed E-state index contributed by atoms with van der Waals surface area (Å²) in [6.07, 6.45) is 0.0630. The smallest absolute Gasteiger partial charge is 0.251 e. The Morgan fingerprint density at radius 2 is 1.71 bits per heavy atom. The fourth-order valence-corrected chi connectivity index (χ4v) is 7.77. The van der Waals surface area contributed by atoms with Gasteiger partial charge in [0.15, 0.2) is 0 Å². The largest absolute Gasteiger partial charge is 0.491 e. The summed E-state index contributed by atoms with van der Waals surface area (Å²) in [5, 5.41) is 17.6. The van der Waals surface area contributed by atoms with Gasteiger partial charge in [0.1, 0.15) is 5.75 Å². The van der Waals surface area contributed by atoms with E-state index in [9.17, 15) is 19.0 Å². The van der Waals surface area contributed by atoms with Gasteiger partial charge in [-0.3, -0.25) is 18.2 Å². The van der Waals surface area contributed by atoms with Crippen LogP contribution in [0.25, 0.3) is 0 Å². The molecule has 0 spiro atoms. The molecule has 0 radical (unpaired) electrons. The molecule has 0 bridgehead atoms. The maximum Gasteiger partial charge on any atom is 0.251 e. The summed E-state index contributed by atoms with van der Waals surface area (Å²) >= 11 is 7.00. The fraction of sp³-hybridized carbons (Fsp3) is 0.367. The van der Waals surface area contributed by atoms with Gasteiger partial charge in [0, 0.05) is 40.2 Å². The average molecular weight is 748 g/mol. The van der Waals surface area contributed by atoms with Crippen molar-refractivity contribution in [3.8, 4) is 5.75 Å². The number of aliphatic hydroxyl groups excluding tert-OH is 1. The second kappa shape index (κ2) is 15.8. The average Bonchev–Trinajstić information content (AvgIpc) is 3.26. The van der Waals surface area contributed by atoms with Crippen molar-refractivity contribution in [2.45, 2.75) is 51.5 Å². The van der Waals surface area contributed by atoms with Gasteiger partial charge in [-0.15, -0.1) is 23.2 Å². The summed E-state index contributed by atoms with van der Waals surface area (Å²) in [5.41, 5.74) is 2.87. The van der Waals surface area contributed by atoms with E-state index in [1.807, 2.05) is 62.4 Å². The van der Waals surface area contributed by atoms with Crippen LogP contribution in [0, 0.1) is 0 Å². The lowest BCUT2D eigenvalue weighted by Crippen LogP contribution is -2.48. The van der Waals surface area contributed by atoms with Crippen LogP contribution in [-0.2, 0) is 13.0 Å². The van der Waals surface area contributed by atoms with Crippen LogP contribution in [0.3, 0.4) is 0 Å². The van der Waals surface area contributed by atoms with E-state index in [-0.39, 0.29) is 31.0 Å². The molecule has 0 unspecified atom stereocenters. The van der Waals surface area contributed by atoms with Crippen molar-refractivity contribution in [1.29, 1.82) is 0 Å². The highest BCUT2D eigenvalue weighted by Gasteiger charge is 2.30. The molecule has 0 aromatic heterocycles. The van der Waals surface area contributed by atoms with Crippen molar-refractivity contribution in [3.63, 3.8) is 0 Å². The lowest BCUT2D eigenvalue weighted by molar-refractivity contribution is 0.0829. The Bertz CT molecular complexity index is 1320. The number of aliphatic hydroxyl groups is 1. The summed E-state index contributed by atoms with van der Waals surface area (Å²) in [7, 11) is -2.95. The molecule has 3 aromatic carbocycles. The van der Waals surface area contributed by atoms with Crippen molar-refractivity contribution in [2.75, 3.05) is 23.1 Å². The normalized spacial score (nSPS) is 16.4. The Balaban J connectivity index is 0.00000484. The third kappa shape index (κ3) is 9.85. The number of hydrogen-bond acceptors (Lipinski definition) is 7. The molecule has 1 fully saturated rings. The molecule has 42 heavy (non-hydrogen) atoms. The monoisotopic (exact) mass is 745 g/mol. The number of benzene rings is 3. The topological polar surface area (TPSA) is 114 Å². The van der Waals surface area contributed by atoms with E-state index in [2.05, 4.69) is 42.5 Å². The minimum atomic E-state index is -2.95. The molecule has 3 aromatic rings. The first-order chi connectivity index (χ1) is 19.5. The third-order valence-corrected chi connectivity index (χ3v) is 9.48. The highest BCUT2D eigenvalue weighted by molar-refractivity contribution is 9.11. The van der Waals surface area contributed by atoms with Crippen molar-refractivity contribution >= 4 is 66.6 Å². The molecule has 12 heteroatoms. The van der Waals surface area contributed by atoms with Gasteiger partial charge >= 0.3 is 0 Å². The van der Waals surface area contributed by atoms with E-state index < -0.39 is 22.9 Å². The minimum absolute atomic E-state index is 0. The zero-order valence-corrected chi connectivity index (χ0v) is 28.3. The number of carbonyl (C=O) groups is 1. The number of amides is 1. The number of ether oxygens (including phenoxy) is 1. The van der Waals surface area contributed by atoms with E-state index in [4.69, 9.17) is 4.74 Å². The van der Waals surface area contributed by atoms with Gasteiger partial charge in [-0.2, -0.15) is 0 Å². The molecule has 1 heterocycles. The molecule has 1 saturated heterocycles. The Labute approximate surface area is 272 Å². The third-order valence-electron chi connectivity index (χ3n) is 6.63. The highest BCUT2D eigenvalue weighted by Crippen LogP contribution is 2.51. The zero-order valence-electron chi connectivity index (χ0n) is 23.5. The summed E-state index contributed by atoms with van der Waals surface area (Å²) in [6, 6.07) is 20.1. The van der Waals surface area contributed by atoms with Crippen molar-refractivity contribution < 1.29 is 23.7 Å². The first-order valence-electron chi connectivity index (χ1n) is 13.5. The van der Waals surface area contributed by atoms with Crippen LogP contribution in [0.2, 0.25) is 0 Å². The zero-order chi connectivity index (χ0) is 29.6. The predicted molar refractivity (Wildman–Crippen MR) is 180 cm³/mol. The number of carbonyl (C=O) groups excluding carboxylic acids is 1. The first-order valence-corrected chi connectivity index (χ1v) is 16.8. The molecule has 1 aliphatic heterocycles. The molecule has 2 atom stereocenters. The molecule has 0 saturated carbocycles. The Morgan fingerprint density at radius 3 is 2.33 bits per heavy atom. The lowest BCUT2D eigenvalue weighted by atomic mass is 10.00. The van der Waals surface area contributed by atoms with E-state index in [0.29, 0.717) is 48.7 Å². The number of rotatable bonds is 12. The van der Waals surface area contributed by atoms with Gasteiger partial charge in [-0.05, 0) is 68.1 Å². The standard InChI is InChI=1S/C30H37Br2N3O5S.ClH/c1-20(2)40-27-15-23(14-26(17-27)35-9-6-10-41(35,38)39)30(37)34-28(13-21-7-4-3-5-8-21)29(36)19-33-18-22-11-24(31)16-25(32)12-22;/h3-5,7-8,11-12,14-17,20,28-29,33,36,38-39H,6,9-10,13,18-19H2,1-2H3,(H,34,37);1H/t28-,29+;/m0./s1. The van der Waals surface area contributed by atoms with E-state index in [1.165, 1.54) is 0 Å². The number of nitrogens with one attached hydrogen (secondary N) is 2. The van der Waals surface area contributed by atoms with Gasteiger partial charge in [0.25, 0.3) is 5.91 Å². The molecule has 4 rings (SSSR count). The van der Waals surface area contributed by atoms with Gasteiger partial charge in [0.2, 0.25) is 0 Å². The van der Waals surface area contributed by atoms with E-state index in [1.54, 1.807) is 22.5 Å². The number of halogens is 3. The molecule has 1 amide bonds. The number of hydrogen-bond donors (Lipinski definition) is 5. The minimum Gasteiger partial charge on any atom is -0.491 e. The maximum absolute atomic E-state index is 13.6. The summed E-state index contributed by atoms with van der Waals surface area (Å²) in [4.78, 5) is 13.6. The SMILES string of the molecule is CC(C)Oc1cc(C(=O)N[C@@H](Cc2ccccc2)[C@H](O)CNCc2cc(Br)cc(Br)c2)cc(N2CCCS2(O)O)c1.Cl. The second-order valence-electron chi connectivity index (χ2n) is 10.4. The van der Waals surface area contributed by atoms with Crippen LogP contribution in [0.1, 0.15) is 41.8 Å². The predicted octanol–water partition coefficient (Wildman–Crippen LogP) is 6.79. The van der Waals surface area contributed by atoms with E-state index in [0.717, 1.165) is 20.1 Å². The van der Waals surface area contributed by atoms with Gasteiger partial charge in [-0.25, -0.2) is 0 Å². The van der Waals surface area contributed by atoms with Crippen LogP contribution in [0.5, 0.6) is 5.75 Å². The Morgan fingerprint density at radius 1 is 1.02 bits per heavy atom. The van der Waals surface area contributed by atoms with Crippen molar-refractivity contribution in [2.24, 2.45) is 0 Å². The number of anilines is 1. The fourth-order valence-electron chi connectivity index (χ4n) is 4.78. The Kier molecular flexibility index (Phi) is 13.0. The quantitative estimate of drug-likeness (QED) is 0.139. The summed E-state index contributed by atoms with van der Waals surface area (Å²) < 4.78 is 30.5. The summed E-state index contributed by atoms with van der Waals surface area (Å²) in [5.74, 6) is 0.373. The van der Waals surface area contributed by atoms with Crippen LogP contribution >= 0.6 is 55.0 Å². The molecule has 8 nitrogen and oxygen atoms in total. The van der Waals surface area contributed by atoms with Crippen LogP contribution < -0.4 is 19.7 Å². The lowest BCUT2D eigenvalue weighted by Gasteiger charge is -2.38. The van der Waals surface area contributed by atoms with E-state index >= 15 is 0 Å². The van der Waals surface area contributed by atoms with Crippen LogP contribution in [-0.4, -0.2) is 57.2 Å². The van der Waals surface area contributed by atoms with Crippen molar-refractivity contribution in [1.82, 2.24) is 10.6 Å². The maximum atomic E-state index is 13.6. The van der Waals surface area contributed by atoms with Crippen LogP contribution in [0.15, 0.2) is 75.7 Å². The number of nitrogens with zero attached hydrogens (tertiary/aromatic N) is 1. The highest BCUT2D eigenvalue weighted by atomic mass is 79.9. The van der Waals surface area contributed by atoms with Gasteiger partial charge < -0.3 is 20.5 Å². The molecule has 230 valence electrons.